The van der Waals surface area contributed by atoms with Crippen molar-refractivity contribution in [3.8, 4) is 5.75 Å². The summed E-state index contributed by atoms with van der Waals surface area (Å²) in [6.45, 7) is 4.83. The van der Waals surface area contributed by atoms with E-state index in [1.165, 1.54) is 0 Å². The molecule has 2 aromatic carbocycles. The van der Waals surface area contributed by atoms with Crippen LogP contribution in [0.2, 0.25) is 0 Å². The van der Waals surface area contributed by atoms with Gasteiger partial charge in [-0.2, -0.15) is 0 Å². The number of carbonyl (C=O) groups excluding carboxylic acids is 2. The van der Waals surface area contributed by atoms with E-state index in [4.69, 9.17) is 4.74 Å². The van der Waals surface area contributed by atoms with Gasteiger partial charge in [-0.05, 0) is 57.3 Å². The highest BCUT2D eigenvalue weighted by Crippen LogP contribution is 2.39. The Kier molecular flexibility index (Phi) is 6.27. The first kappa shape index (κ1) is 21.6. The van der Waals surface area contributed by atoms with Gasteiger partial charge in [-0.25, -0.2) is 0 Å². The molecule has 3 rings (SSSR count). The number of rotatable bonds is 6. The number of nitrogens with zero attached hydrogens (tertiary/aromatic N) is 2. The maximum absolute atomic E-state index is 13.0. The fourth-order valence-corrected chi connectivity index (χ4v) is 3.69. The smallest absolute Gasteiger partial charge is 0.295 e. The van der Waals surface area contributed by atoms with E-state index in [0.717, 1.165) is 16.7 Å². The Hall–Kier alpha value is -3.12. The molecule has 1 heterocycles. The molecular formula is C24H28N2O4. The van der Waals surface area contributed by atoms with E-state index in [1.807, 2.05) is 57.1 Å². The van der Waals surface area contributed by atoms with Gasteiger partial charge in [0, 0.05) is 18.7 Å². The first-order valence-electron chi connectivity index (χ1n) is 9.89. The molecule has 0 spiro atoms. The fourth-order valence-electron chi connectivity index (χ4n) is 3.69. The van der Waals surface area contributed by atoms with Gasteiger partial charge in [0.1, 0.15) is 11.5 Å². The molecule has 0 saturated carbocycles. The second-order valence-electron chi connectivity index (χ2n) is 7.89. The summed E-state index contributed by atoms with van der Waals surface area (Å²) in [5, 5.41) is 11.1. The van der Waals surface area contributed by atoms with E-state index < -0.39 is 17.7 Å². The van der Waals surface area contributed by atoms with Crippen LogP contribution in [0.15, 0.2) is 48.0 Å². The third kappa shape index (κ3) is 4.09. The van der Waals surface area contributed by atoms with Crippen LogP contribution in [0, 0.1) is 13.8 Å². The lowest BCUT2D eigenvalue weighted by Gasteiger charge is -2.26. The molecule has 2 aromatic rings. The number of Topliss-reactive ketones (excluding diaryl/α,β-unsaturated/α-hetero) is 1. The fraction of sp³-hybridized carbons (Fsp3) is 0.333. The molecular weight excluding hydrogens is 380 g/mol. The van der Waals surface area contributed by atoms with Gasteiger partial charge in [0.25, 0.3) is 11.7 Å². The number of amides is 1. The minimum absolute atomic E-state index is 0.118. The molecule has 0 unspecified atom stereocenters. The van der Waals surface area contributed by atoms with Crippen molar-refractivity contribution >= 4 is 17.4 Å². The van der Waals surface area contributed by atoms with E-state index in [0.29, 0.717) is 24.4 Å². The van der Waals surface area contributed by atoms with Crippen LogP contribution in [0.3, 0.4) is 0 Å². The number of methoxy groups -OCH3 is 1. The second-order valence-corrected chi connectivity index (χ2v) is 7.89. The summed E-state index contributed by atoms with van der Waals surface area (Å²) in [6.07, 6.45) is 0. The number of hydrogen-bond acceptors (Lipinski definition) is 5. The topological polar surface area (TPSA) is 70.1 Å². The maximum atomic E-state index is 13.0. The van der Waals surface area contributed by atoms with Gasteiger partial charge in [0.2, 0.25) is 0 Å². The average molecular weight is 408 g/mol. The molecule has 6 heteroatoms. The Morgan fingerprint density at radius 2 is 1.77 bits per heavy atom. The summed E-state index contributed by atoms with van der Waals surface area (Å²) in [7, 11) is 5.41. The van der Waals surface area contributed by atoms with Crippen LogP contribution in [0.4, 0.5) is 0 Å². The Morgan fingerprint density at radius 1 is 1.10 bits per heavy atom. The monoisotopic (exact) mass is 408 g/mol. The molecule has 0 aliphatic carbocycles. The lowest BCUT2D eigenvalue weighted by atomic mass is 9.94. The number of likely N-dealkylation sites (tertiary alicyclic amines) is 1. The van der Waals surface area contributed by atoms with Crippen LogP contribution < -0.4 is 4.74 Å². The van der Waals surface area contributed by atoms with Crippen molar-refractivity contribution in [2.75, 3.05) is 34.3 Å². The Labute approximate surface area is 177 Å². The number of carbonyl (C=O) groups is 2. The van der Waals surface area contributed by atoms with Crippen molar-refractivity contribution in [3.05, 3.63) is 70.3 Å². The average Bonchev–Trinajstić information content (AvgIpc) is 2.96. The van der Waals surface area contributed by atoms with Gasteiger partial charge in [0.05, 0.1) is 18.7 Å². The zero-order valence-corrected chi connectivity index (χ0v) is 18.1. The number of ketones is 1. The van der Waals surface area contributed by atoms with Crippen molar-refractivity contribution in [2.24, 2.45) is 0 Å². The number of hydrogen-bond donors (Lipinski definition) is 1. The van der Waals surface area contributed by atoms with E-state index in [-0.39, 0.29) is 11.3 Å². The number of aliphatic hydroxyl groups excluding tert-OH is 1. The van der Waals surface area contributed by atoms with Crippen molar-refractivity contribution in [3.63, 3.8) is 0 Å². The Morgan fingerprint density at radius 3 is 2.33 bits per heavy atom. The Bertz CT molecular complexity index is 993. The van der Waals surface area contributed by atoms with Crippen molar-refractivity contribution < 1.29 is 19.4 Å². The SMILES string of the molecule is COc1ccc(C(O)=C2C(=O)C(=O)N(CCN(C)C)[C@@H]2c2ccc(C)cc2)cc1C. The number of aliphatic hydroxyl groups is 1. The van der Waals surface area contributed by atoms with E-state index in [9.17, 15) is 14.7 Å². The van der Waals surface area contributed by atoms with Gasteiger partial charge in [-0.1, -0.05) is 29.8 Å². The van der Waals surface area contributed by atoms with E-state index >= 15 is 0 Å². The molecule has 158 valence electrons. The van der Waals surface area contributed by atoms with Crippen molar-refractivity contribution in [1.29, 1.82) is 0 Å². The van der Waals surface area contributed by atoms with E-state index in [1.54, 1.807) is 30.2 Å². The van der Waals surface area contributed by atoms with Gasteiger partial charge in [-0.3, -0.25) is 9.59 Å². The van der Waals surface area contributed by atoms with Crippen LogP contribution in [0.25, 0.3) is 5.76 Å². The molecule has 0 radical (unpaired) electrons. The molecule has 1 aliphatic rings. The third-order valence-corrected chi connectivity index (χ3v) is 5.39. The summed E-state index contributed by atoms with van der Waals surface area (Å²) < 4.78 is 5.28. The number of likely N-dealkylation sites (N-methyl/N-ethyl adjacent to an activating group) is 1. The summed E-state index contributed by atoms with van der Waals surface area (Å²) in [5.41, 5.74) is 3.30. The number of benzene rings is 2. The molecule has 0 bridgehead atoms. The molecule has 1 amide bonds. The highest BCUT2D eigenvalue weighted by atomic mass is 16.5. The normalized spacial score (nSPS) is 18.3. The molecule has 1 fully saturated rings. The first-order valence-corrected chi connectivity index (χ1v) is 9.89. The second kappa shape index (κ2) is 8.71. The molecule has 0 aromatic heterocycles. The van der Waals surface area contributed by atoms with Crippen molar-refractivity contribution in [2.45, 2.75) is 19.9 Å². The molecule has 6 nitrogen and oxygen atoms in total. The van der Waals surface area contributed by atoms with Crippen LogP contribution >= 0.6 is 0 Å². The zero-order valence-electron chi connectivity index (χ0n) is 18.1. The van der Waals surface area contributed by atoms with Crippen LogP contribution in [0.1, 0.15) is 28.3 Å². The quantitative estimate of drug-likeness (QED) is 0.451. The predicted octanol–water partition coefficient (Wildman–Crippen LogP) is 3.30. The van der Waals surface area contributed by atoms with Gasteiger partial charge < -0.3 is 19.6 Å². The molecule has 1 saturated heterocycles. The lowest BCUT2D eigenvalue weighted by molar-refractivity contribution is -0.140. The third-order valence-electron chi connectivity index (χ3n) is 5.39. The summed E-state index contributed by atoms with van der Waals surface area (Å²) >= 11 is 0. The largest absolute Gasteiger partial charge is 0.507 e. The highest BCUT2D eigenvalue weighted by Gasteiger charge is 2.45. The summed E-state index contributed by atoms with van der Waals surface area (Å²) in [6, 6.07) is 12.3. The minimum atomic E-state index is -0.662. The predicted molar refractivity (Wildman–Crippen MR) is 116 cm³/mol. The first-order chi connectivity index (χ1) is 14.2. The van der Waals surface area contributed by atoms with Crippen LogP contribution in [0.5, 0.6) is 5.75 Å². The number of ether oxygens (including phenoxy) is 1. The Balaban J connectivity index is 2.14. The van der Waals surface area contributed by atoms with Crippen LogP contribution in [-0.4, -0.2) is 60.9 Å². The summed E-state index contributed by atoms with van der Waals surface area (Å²) in [5.74, 6) is -0.732. The lowest BCUT2D eigenvalue weighted by Crippen LogP contribution is -2.35. The van der Waals surface area contributed by atoms with Gasteiger partial charge in [0.15, 0.2) is 0 Å². The molecule has 1 N–H and O–H groups in total. The summed E-state index contributed by atoms with van der Waals surface area (Å²) in [4.78, 5) is 29.4. The van der Waals surface area contributed by atoms with Gasteiger partial charge >= 0.3 is 0 Å². The van der Waals surface area contributed by atoms with Crippen LogP contribution in [-0.2, 0) is 9.59 Å². The standard InChI is InChI=1S/C24H28N2O4/c1-15-6-8-17(9-7-15)21-20(23(28)24(29)26(21)13-12-25(3)4)22(27)18-10-11-19(30-5)16(2)14-18/h6-11,14,21,27H,12-13H2,1-5H3/t21-/m1/s1. The zero-order chi connectivity index (χ0) is 22.0. The molecule has 1 atom stereocenters. The highest BCUT2D eigenvalue weighted by molar-refractivity contribution is 6.46. The maximum Gasteiger partial charge on any atom is 0.295 e. The van der Waals surface area contributed by atoms with E-state index in [2.05, 4.69) is 0 Å². The van der Waals surface area contributed by atoms with Crippen molar-refractivity contribution in [1.82, 2.24) is 9.80 Å². The van der Waals surface area contributed by atoms with Gasteiger partial charge in [-0.15, -0.1) is 0 Å². The number of aryl methyl sites for hydroxylation is 2. The molecule has 30 heavy (non-hydrogen) atoms. The minimum Gasteiger partial charge on any atom is -0.507 e. The molecule has 1 aliphatic heterocycles.